The summed E-state index contributed by atoms with van der Waals surface area (Å²) in [5.74, 6) is -2.80. The Morgan fingerprint density at radius 1 is 1.17 bits per heavy atom. The molecule has 3 rings (SSSR count). The van der Waals surface area contributed by atoms with Crippen molar-refractivity contribution in [3.8, 4) is 0 Å². The Bertz CT molecular complexity index is 747. The summed E-state index contributed by atoms with van der Waals surface area (Å²) in [7, 11) is -4.38. The fraction of sp³-hybridized carbons (Fsp3) is 0.385. The molecule has 2 aliphatic heterocycles. The Hall–Kier alpha value is -2.07. The largest absolute Gasteiger partial charge is 0.329 e. The van der Waals surface area contributed by atoms with Crippen LogP contribution in [0.4, 0.5) is 13.6 Å². The second-order valence-corrected chi connectivity index (χ2v) is 7.15. The zero-order valence-electron chi connectivity index (χ0n) is 11.8. The molecule has 0 aromatic heterocycles. The molecular formula is C13H13F2N3O4S. The van der Waals surface area contributed by atoms with Gasteiger partial charge in [0.15, 0.2) is 4.90 Å². The molecule has 10 heteroatoms. The number of imide groups is 1. The number of hydrogen-bond acceptors (Lipinski definition) is 4. The van der Waals surface area contributed by atoms with Gasteiger partial charge in [0.25, 0.3) is 0 Å². The van der Waals surface area contributed by atoms with Crippen LogP contribution in [0.5, 0.6) is 0 Å². The van der Waals surface area contributed by atoms with Crippen molar-refractivity contribution in [3.63, 3.8) is 0 Å². The van der Waals surface area contributed by atoms with Crippen molar-refractivity contribution in [2.24, 2.45) is 0 Å². The second-order valence-electron chi connectivity index (χ2n) is 5.28. The van der Waals surface area contributed by atoms with Crippen LogP contribution in [0.25, 0.3) is 0 Å². The number of sulfonamides is 1. The van der Waals surface area contributed by atoms with E-state index in [9.17, 15) is 26.8 Å². The van der Waals surface area contributed by atoms with Crippen LogP contribution in [0.15, 0.2) is 23.1 Å². The number of hydrogen-bond donors (Lipinski definition) is 1. The molecule has 0 aliphatic carbocycles. The zero-order valence-corrected chi connectivity index (χ0v) is 12.6. The van der Waals surface area contributed by atoms with Gasteiger partial charge in [-0.2, -0.15) is 4.31 Å². The third-order valence-corrected chi connectivity index (χ3v) is 5.80. The average molecular weight is 345 g/mol. The van der Waals surface area contributed by atoms with E-state index in [0.717, 1.165) is 27.4 Å². The minimum absolute atomic E-state index is 0.0299. The van der Waals surface area contributed by atoms with Crippen molar-refractivity contribution in [1.82, 2.24) is 14.5 Å². The quantitative estimate of drug-likeness (QED) is 0.797. The van der Waals surface area contributed by atoms with E-state index >= 15 is 0 Å². The van der Waals surface area contributed by atoms with Crippen molar-refractivity contribution in [2.75, 3.05) is 19.6 Å². The molecule has 1 aromatic carbocycles. The molecule has 2 saturated heterocycles. The number of rotatable bonds is 3. The van der Waals surface area contributed by atoms with Gasteiger partial charge in [-0.25, -0.2) is 22.0 Å². The number of benzene rings is 1. The second kappa shape index (κ2) is 5.53. The van der Waals surface area contributed by atoms with Gasteiger partial charge in [0, 0.05) is 13.1 Å². The maximum Gasteiger partial charge on any atom is 0.324 e. The maximum absolute atomic E-state index is 13.7. The number of halogens is 2. The van der Waals surface area contributed by atoms with Crippen LogP contribution >= 0.6 is 0 Å². The normalized spacial score (nSPS) is 22.7. The van der Waals surface area contributed by atoms with Crippen molar-refractivity contribution in [3.05, 3.63) is 29.8 Å². The van der Waals surface area contributed by atoms with Crippen molar-refractivity contribution >= 4 is 22.0 Å². The van der Waals surface area contributed by atoms with Crippen molar-refractivity contribution in [1.29, 1.82) is 0 Å². The molecule has 1 atom stereocenters. The predicted octanol–water partition coefficient (Wildman–Crippen LogP) is 0.280. The van der Waals surface area contributed by atoms with Crippen LogP contribution in [0.2, 0.25) is 0 Å². The number of carbonyl (C=O) groups excluding carboxylic acids is 2. The number of carbonyl (C=O) groups is 2. The molecule has 124 valence electrons. The Morgan fingerprint density at radius 3 is 2.39 bits per heavy atom. The maximum atomic E-state index is 13.7. The van der Waals surface area contributed by atoms with Crippen LogP contribution in [-0.2, 0) is 14.8 Å². The topological polar surface area (TPSA) is 86.8 Å². The summed E-state index contributed by atoms with van der Waals surface area (Å²) < 4.78 is 53.3. The third-order valence-electron chi connectivity index (χ3n) is 3.89. The van der Waals surface area contributed by atoms with Gasteiger partial charge in [-0.05, 0) is 18.6 Å². The highest BCUT2D eigenvalue weighted by Crippen LogP contribution is 2.27. The van der Waals surface area contributed by atoms with Crippen LogP contribution < -0.4 is 5.32 Å². The van der Waals surface area contributed by atoms with Crippen LogP contribution in [0.1, 0.15) is 6.42 Å². The molecule has 0 bridgehead atoms. The lowest BCUT2D eigenvalue weighted by atomic mass is 10.2. The van der Waals surface area contributed by atoms with Gasteiger partial charge < -0.3 is 5.32 Å². The number of urea groups is 1. The first-order valence-corrected chi connectivity index (χ1v) is 8.30. The summed E-state index contributed by atoms with van der Waals surface area (Å²) in [5.41, 5.74) is 0. The van der Waals surface area contributed by atoms with Gasteiger partial charge in [0.05, 0.1) is 12.6 Å². The van der Waals surface area contributed by atoms with Crippen molar-refractivity contribution in [2.45, 2.75) is 17.4 Å². The fourth-order valence-electron chi connectivity index (χ4n) is 2.80. The van der Waals surface area contributed by atoms with Gasteiger partial charge in [-0.3, -0.25) is 9.69 Å². The summed E-state index contributed by atoms with van der Waals surface area (Å²) in [6.07, 6.45) is 0.217. The summed E-state index contributed by atoms with van der Waals surface area (Å²) >= 11 is 0. The lowest BCUT2D eigenvalue weighted by molar-refractivity contribution is -0.126. The SMILES string of the molecule is O=C1CNC(=O)N1C1CCN(S(=O)(=O)c2c(F)cccc2F)C1. The predicted molar refractivity (Wildman–Crippen MR) is 73.8 cm³/mol. The van der Waals surface area contributed by atoms with Gasteiger partial charge in [-0.1, -0.05) is 6.07 Å². The van der Waals surface area contributed by atoms with Gasteiger partial charge in [0.1, 0.15) is 11.6 Å². The lowest BCUT2D eigenvalue weighted by Crippen LogP contribution is -2.43. The minimum Gasteiger partial charge on any atom is -0.329 e. The molecule has 7 nitrogen and oxygen atoms in total. The van der Waals surface area contributed by atoms with Crippen molar-refractivity contribution < 1.29 is 26.8 Å². The number of nitrogens with one attached hydrogen (secondary N) is 1. The molecule has 1 N–H and O–H groups in total. The molecule has 2 fully saturated rings. The summed E-state index contributed by atoms with van der Waals surface area (Å²) in [6, 6.07) is 1.57. The minimum atomic E-state index is -4.38. The van der Waals surface area contributed by atoms with Gasteiger partial charge in [0.2, 0.25) is 15.9 Å². The Balaban J connectivity index is 1.86. The Kier molecular flexibility index (Phi) is 3.80. The molecule has 2 aliphatic rings. The Labute approximate surface area is 130 Å². The van der Waals surface area contributed by atoms with Crippen LogP contribution in [-0.4, -0.2) is 55.2 Å². The standard InChI is InChI=1S/C13H13F2N3O4S/c14-9-2-1-3-10(15)12(9)23(21,22)17-5-4-8(7-17)18-11(19)6-16-13(18)20/h1-3,8H,4-7H2,(H,16,20). The molecule has 23 heavy (non-hydrogen) atoms. The molecule has 0 saturated carbocycles. The van der Waals surface area contributed by atoms with E-state index in [1.807, 2.05) is 0 Å². The van der Waals surface area contributed by atoms with E-state index in [4.69, 9.17) is 0 Å². The summed E-state index contributed by atoms with van der Waals surface area (Å²) in [4.78, 5) is 23.2. The first-order chi connectivity index (χ1) is 10.8. The van der Waals surface area contributed by atoms with E-state index in [0.29, 0.717) is 0 Å². The average Bonchev–Trinajstić information content (AvgIpc) is 3.06. The smallest absolute Gasteiger partial charge is 0.324 e. The summed E-state index contributed by atoms with van der Waals surface area (Å²) in [6.45, 7) is -0.350. The molecule has 1 aromatic rings. The van der Waals surface area contributed by atoms with Crippen LogP contribution in [0.3, 0.4) is 0 Å². The monoisotopic (exact) mass is 345 g/mol. The highest BCUT2D eigenvalue weighted by Gasteiger charge is 2.43. The lowest BCUT2D eigenvalue weighted by Gasteiger charge is -2.21. The third kappa shape index (κ3) is 2.57. The summed E-state index contributed by atoms with van der Waals surface area (Å²) in [5, 5.41) is 2.35. The zero-order chi connectivity index (χ0) is 16.8. The van der Waals surface area contributed by atoms with E-state index < -0.39 is 44.5 Å². The van der Waals surface area contributed by atoms with Gasteiger partial charge >= 0.3 is 6.03 Å². The molecular weight excluding hydrogens is 332 g/mol. The number of amides is 3. The Morgan fingerprint density at radius 2 is 1.83 bits per heavy atom. The first kappa shape index (κ1) is 15.8. The molecule has 2 heterocycles. The highest BCUT2D eigenvalue weighted by atomic mass is 32.2. The first-order valence-electron chi connectivity index (χ1n) is 6.86. The van der Waals surface area contributed by atoms with Gasteiger partial charge in [-0.15, -0.1) is 0 Å². The molecule has 0 radical (unpaired) electrons. The molecule has 1 unspecified atom stereocenters. The van der Waals surface area contributed by atoms with E-state index in [1.165, 1.54) is 0 Å². The molecule has 0 spiro atoms. The van der Waals surface area contributed by atoms with E-state index in [-0.39, 0.29) is 26.1 Å². The number of nitrogens with zero attached hydrogens (tertiary/aromatic N) is 2. The van der Waals surface area contributed by atoms with E-state index in [2.05, 4.69) is 5.32 Å². The highest BCUT2D eigenvalue weighted by molar-refractivity contribution is 7.89. The van der Waals surface area contributed by atoms with Crippen LogP contribution in [0, 0.1) is 11.6 Å². The van der Waals surface area contributed by atoms with E-state index in [1.54, 1.807) is 0 Å². The molecule has 3 amide bonds. The fourth-order valence-corrected chi connectivity index (χ4v) is 4.40.